The van der Waals surface area contributed by atoms with Crippen molar-refractivity contribution in [2.75, 3.05) is 6.61 Å². The lowest BCUT2D eigenvalue weighted by molar-refractivity contribution is -0.385. The molecule has 0 spiro atoms. The molecule has 24 heavy (non-hydrogen) atoms. The highest BCUT2D eigenvalue weighted by Crippen LogP contribution is 2.19. The molecule has 9 heteroatoms. The molecular weight excluding hydrogens is 318 g/mol. The van der Waals surface area contributed by atoms with Crippen molar-refractivity contribution in [2.24, 2.45) is 0 Å². The second-order valence-corrected chi connectivity index (χ2v) is 5.17. The van der Waals surface area contributed by atoms with Crippen LogP contribution < -0.4 is 10.6 Å². The summed E-state index contributed by atoms with van der Waals surface area (Å²) < 4.78 is 4.74. The minimum atomic E-state index is -0.893. The van der Waals surface area contributed by atoms with Crippen LogP contribution in [0.5, 0.6) is 0 Å². The van der Waals surface area contributed by atoms with E-state index in [9.17, 15) is 24.5 Å². The van der Waals surface area contributed by atoms with Gasteiger partial charge < -0.3 is 10.1 Å². The number of nitro benzene ring substituents is 1. The van der Waals surface area contributed by atoms with Crippen molar-refractivity contribution in [2.45, 2.75) is 33.2 Å². The predicted molar refractivity (Wildman–Crippen MR) is 84.5 cm³/mol. The number of nitro groups is 1. The molecule has 0 aromatic heterocycles. The number of hydrogen-bond donors (Lipinski definition) is 2. The third kappa shape index (κ3) is 5.67. The lowest BCUT2D eigenvalue weighted by atomic mass is 10.1. The first-order valence-corrected chi connectivity index (χ1v) is 7.27. The molecule has 0 aliphatic carbocycles. The van der Waals surface area contributed by atoms with Crippen molar-refractivity contribution in [1.29, 1.82) is 0 Å². The van der Waals surface area contributed by atoms with E-state index in [0.29, 0.717) is 12.0 Å². The van der Waals surface area contributed by atoms with E-state index in [0.717, 1.165) is 6.07 Å². The summed E-state index contributed by atoms with van der Waals surface area (Å²) in [6.45, 7) is 4.51. The van der Waals surface area contributed by atoms with Crippen LogP contribution in [0, 0.1) is 17.0 Å². The number of imide groups is 1. The predicted octanol–water partition coefficient (Wildman–Crippen LogP) is 1.68. The maximum Gasteiger partial charge on any atom is 0.338 e. The zero-order chi connectivity index (χ0) is 18.3. The molecular formula is C15H19N3O6. The summed E-state index contributed by atoms with van der Waals surface area (Å²) >= 11 is 0. The van der Waals surface area contributed by atoms with Crippen LogP contribution in [0.3, 0.4) is 0 Å². The van der Waals surface area contributed by atoms with E-state index in [1.807, 2.05) is 12.2 Å². The summed E-state index contributed by atoms with van der Waals surface area (Å²) in [6.07, 6.45) is 0.697. The Hall–Kier alpha value is -2.97. The van der Waals surface area contributed by atoms with Crippen LogP contribution in [0.4, 0.5) is 10.5 Å². The summed E-state index contributed by atoms with van der Waals surface area (Å²) in [5.74, 6) is -1.69. The monoisotopic (exact) mass is 337 g/mol. The Morgan fingerprint density at radius 2 is 2.00 bits per heavy atom. The summed E-state index contributed by atoms with van der Waals surface area (Å²) in [5.41, 5.74) is 0.127. The molecule has 1 aromatic carbocycles. The maximum absolute atomic E-state index is 11.8. The van der Waals surface area contributed by atoms with Crippen molar-refractivity contribution < 1.29 is 24.0 Å². The second-order valence-electron chi connectivity index (χ2n) is 5.17. The van der Waals surface area contributed by atoms with E-state index < -0.39 is 29.4 Å². The number of esters is 1. The van der Waals surface area contributed by atoms with Crippen LogP contribution in [-0.4, -0.2) is 35.5 Å². The Morgan fingerprint density at radius 1 is 1.33 bits per heavy atom. The number of carbonyl (C=O) groups excluding carboxylic acids is 3. The molecule has 3 amide bonds. The molecule has 0 fully saturated rings. The van der Waals surface area contributed by atoms with Gasteiger partial charge in [-0.3, -0.25) is 20.2 Å². The molecule has 2 N–H and O–H groups in total. The van der Waals surface area contributed by atoms with E-state index in [1.165, 1.54) is 19.1 Å². The van der Waals surface area contributed by atoms with Crippen molar-refractivity contribution in [3.05, 3.63) is 39.4 Å². The van der Waals surface area contributed by atoms with E-state index in [-0.39, 0.29) is 17.3 Å². The molecule has 0 bridgehead atoms. The van der Waals surface area contributed by atoms with E-state index in [4.69, 9.17) is 4.74 Å². The minimum Gasteiger partial charge on any atom is -0.452 e. The highest BCUT2D eigenvalue weighted by atomic mass is 16.6. The van der Waals surface area contributed by atoms with Gasteiger partial charge in [0.15, 0.2) is 6.61 Å². The highest BCUT2D eigenvalue weighted by Gasteiger charge is 2.17. The summed E-state index contributed by atoms with van der Waals surface area (Å²) in [7, 11) is 0. The zero-order valence-electron chi connectivity index (χ0n) is 13.6. The number of aryl methyl sites for hydroxylation is 1. The van der Waals surface area contributed by atoms with Gasteiger partial charge in [-0.25, -0.2) is 9.59 Å². The van der Waals surface area contributed by atoms with Gasteiger partial charge in [-0.1, -0.05) is 13.0 Å². The van der Waals surface area contributed by atoms with Gasteiger partial charge in [0.25, 0.3) is 11.6 Å². The first kappa shape index (κ1) is 19.1. The summed E-state index contributed by atoms with van der Waals surface area (Å²) in [5, 5.41) is 15.4. The van der Waals surface area contributed by atoms with Crippen LogP contribution in [0.1, 0.15) is 36.2 Å². The number of nitrogens with zero attached hydrogens (tertiary/aromatic N) is 1. The van der Waals surface area contributed by atoms with Gasteiger partial charge in [-0.15, -0.1) is 0 Å². The molecule has 0 heterocycles. The molecule has 130 valence electrons. The summed E-state index contributed by atoms with van der Waals surface area (Å²) in [4.78, 5) is 45.0. The molecule has 0 saturated heterocycles. The topological polar surface area (TPSA) is 128 Å². The average Bonchev–Trinajstić information content (AvgIpc) is 2.52. The molecule has 0 unspecified atom stereocenters. The fourth-order valence-corrected chi connectivity index (χ4v) is 1.67. The number of benzene rings is 1. The lowest BCUT2D eigenvalue weighted by Crippen LogP contribution is -2.44. The Bertz CT molecular complexity index is 659. The average molecular weight is 337 g/mol. The molecule has 1 atom stereocenters. The SMILES string of the molecule is CC[C@@H](C)NC(=O)NC(=O)COC(=O)c1ccc(C)c([N+](=O)[O-])c1. The molecule has 0 saturated carbocycles. The Balaban J connectivity index is 2.57. The standard InChI is InChI=1S/C15H19N3O6/c1-4-10(3)16-15(21)17-13(19)8-24-14(20)11-6-5-9(2)12(7-11)18(22)23/h5-7,10H,4,8H2,1-3H3,(H2,16,17,19,21)/t10-/m1/s1. The Kier molecular flexibility index (Phi) is 6.84. The second kappa shape index (κ2) is 8.61. The van der Waals surface area contributed by atoms with Gasteiger partial charge in [-0.2, -0.15) is 0 Å². The van der Waals surface area contributed by atoms with Crippen molar-refractivity contribution in [3.8, 4) is 0 Å². The van der Waals surface area contributed by atoms with Gasteiger partial charge in [0.2, 0.25) is 0 Å². The number of hydrogen-bond acceptors (Lipinski definition) is 6. The molecule has 9 nitrogen and oxygen atoms in total. The van der Waals surface area contributed by atoms with Crippen LogP contribution in [-0.2, 0) is 9.53 Å². The number of rotatable bonds is 6. The summed E-state index contributed by atoms with van der Waals surface area (Å²) in [6, 6.07) is 3.06. The first-order chi connectivity index (χ1) is 11.2. The third-order valence-electron chi connectivity index (χ3n) is 3.22. The molecule has 1 aromatic rings. The van der Waals surface area contributed by atoms with E-state index in [2.05, 4.69) is 5.32 Å². The van der Waals surface area contributed by atoms with Crippen LogP contribution in [0.25, 0.3) is 0 Å². The number of amides is 3. The minimum absolute atomic E-state index is 0.0517. The third-order valence-corrected chi connectivity index (χ3v) is 3.22. The molecule has 0 radical (unpaired) electrons. The fourth-order valence-electron chi connectivity index (χ4n) is 1.67. The number of carbonyl (C=O) groups is 3. The van der Waals surface area contributed by atoms with Gasteiger partial charge >= 0.3 is 12.0 Å². The largest absolute Gasteiger partial charge is 0.452 e. The van der Waals surface area contributed by atoms with Crippen LogP contribution in [0.2, 0.25) is 0 Å². The van der Waals surface area contributed by atoms with Crippen LogP contribution in [0.15, 0.2) is 18.2 Å². The van der Waals surface area contributed by atoms with Crippen molar-refractivity contribution in [3.63, 3.8) is 0 Å². The highest BCUT2D eigenvalue weighted by molar-refractivity contribution is 5.97. The van der Waals surface area contributed by atoms with Gasteiger partial charge in [0.05, 0.1) is 10.5 Å². The first-order valence-electron chi connectivity index (χ1n) is 7.27. The van der Waals surface area contributed by atoms with Crippen molar-refractivity contribution >= 4 is 23.6 Å². The Labute approximate surface area is 138 Å². The zero-order valence-corrected chi connectivity index (χ0v) is 13.6. The van der Waals surface area contributed by atoms with Gasteiger partial charge in [0.1, 0.15) is 0 Å². The number of urea groups is 1. The number of nitrogens with one attached hydrogen (secondary N) is 2. The van der Waals surface area contributed by atoms with Crippen LogP contribution >= 0.6 is 0 Å². The molecule has 0 aliphatic heterocycles. The fraction of sp³-hybridized carbons (Fsp3) is 0.400. The van der Waals surface area contributed by atoms with Crippen molar-refractivity contribution in [1.82, 2.24) is 10.6 Å². The van der Waals surface area contributed by atoms with Gasteiger partial charge in [-0.05, 0) is 26.3 Å². The number of ether oxygens (including phenoxy) is 1. The van der Waals surface area contributed by atoms with E-state index in [1.54, 1.807) is 6.92 Å². The normalized spacial score (nSPS) is 11.3. The lowest BCUT2D eigenvalue weighted by Gasteiger charge is -2.11. The maximum atomic E-state index is 11.8. The smallest absolute Gasteiger partial charge is 0.338 e. The molecule has 0 aliphatic rings. The quantitative estimate of drug-likeness (QED) is 0.462. The molecule has 1 rings (SSSR count). The Morgan fingerprint density at radius 3 is 2.58 bits per heavy atom. The van der Waals surface area contributed by atoms with Gasteiger partial charge in [0, 0.05) is 17.7 Å². The van der Waals surface area contributed by atoms with E-state index >= 15 is 0 Å².